The molecule has 440 valence electrons. The number of unbranched alkanes of at least 4 members (excludes halogenated alkanes) is 8. The molecule has 0 aromatic heterocycles. The predicted molar refractivity (Wildman–Crippen MR) is 342 cm³/mol. The van der Waals surface area contributed by atoms with Gasteiger partial charge in [-0.15, -0.1) is 0 Å². The van der Waals surface area contributed by atoms with Crippen molar-refractivity contribution in [3.63, 3.8) is 0 Å². The number of hydrogen-bond donors (Lipinski definition) is 0. The van der Waals surface area contributed by atoms with E-state index in [4.69, 9.17) is 13.2 Å². The van der Waals surface area contributed by atoms with E-state index in [1.54, 1.807) is 0 Å². The van der Waals surface area contributed by atoms with E-state index in [9.17, 15) is 0 Å². The summed E-state index contributed by atoms with van der Waals surface area (Å²) >= 11 is 0. The Morgan fingerprint density at radius 1 is 0.288 bits per heavy atom. The molecule has 0 N–H and O–H groups in total. The zero-order valence-corrected chi connectivity index (χ0v) is 56.8. The predicted octanol–water partition coefficient (Wildman–Crippen LogP) is 26.3. The molecule has 73 heavy (non-hydrogen) atoms. The first-order chi connectivity index (χ1) is 30.9. The summed E-state index contributed by atoms with van der Waals surface area (Å²) in [7, 11) is 0. The zero-order valence-electron chi connectivity index (χ0n) is 56.8. The topological polar surface area (TPSA) is 0 Å². The summed E-state index contributed by atoms with van der Waals surface area (Å²) in [4.78, 5) is 0. The second-order valence-electron chi connectivity index (χ2n) is 35.2. The van der Waals surface area contributed by atoms with Gasteiger partial charge in [0.2, 0.25) is 0 Å². The molecule has 0 amide bonds. The largest absolute Gasteiger partial charge is 0.0992 e. The molecule has 0 bridgehead atoms. The number of allylic oxidation sites excluding steroid dienone is 2. The Morgan fingerprint density at radius 2 is 0.575 bits per heavy atom. The minimum Gasteiger partial charge on any atom is -0.0992 e. The third-order valence-electron chi connectivity index (χ3n) is 25.9. The Kier molecular flexibility index (Phi) is 25.3. The molecule has 0 heterocycles. The summed E-state index contributed by atoms with van der Waals surface area (Å²) in [5, 5.41) is 0. The van der Waals surface area contributed by atoms with Gasteiger partial charge in [-0.3, -0.25) is 0 Å². The Morgan fingerprint density at radius 3 is 0.849 bits per heavy atom. The van der Waals surface area contributed by atoms with Crippen LogP contribution in [0.4, 0.5) is 0 Å². The Hall–Kier alpha value is -0.520. The lowest BCUT2D eigenvalue weighted by molar-refractivity contribution is -0.270. The lowest BCUT2D eigenvalue weighted by Crippen LogP contribution is -2.69. The molecule has 0 spiro atoms. The summed E-state index contributed by atoms with van der Waals surface area (Å²) in [6, 6.07) is 0. The molecule has 0 aromatic carbocycles. The van der Waals surface area contributed by atoms with Gasteiger partial charge in [0.15, 0.2) is 0 Å². The summed E-state index contributed by atoms with van der Waals surface area (Å²) < 4.78 is 0. The number of rotatable bonds is 28. The van der Waals surface area contributed by atoms with Gasteiger partial charge in [0.05, 0.1) is 0 Å². The monoisotopic (exact) mass is 1030 g/mol. The van der Waals surface area contributed by atoms with Crippen LogP contribution in [0.25, 0.3) is 0 Å². The van der Waals surface area contributed by atoms with Crippen LogP contribution in [0.3, 0.4) is 0 Å². The second-order valence-corrected chi connectivity index (χ2v) is 35.2. The summed E-state index contributed by atoms with van der Waals surface area (Å²) in [6.45, 7) is 105. The lowest BCUT2D eigenvalue weighted by atomic mass is 9.28. The second kappa shape index (κ2) is 24.1. The minimum atomic E-state index is -0.314. The SMILES string of the molecule is C.C.C=C(CC(C)(C)C)C(C)(C(C)(C)C)C(C)(C)C(C(=C)CC(C)(C)C(C)(C(C)(C)C(C)(C)C(C)(C)C(C)(C)CCCCCC)C(C)(C)C(C)(C)C(C)(C)C(C)(C)CCCCCCCC)(C(C)(C)C)C(C)(C)C. The highest BCUT2D eigenvalue weighted by molar-refractivity contribution is 5.34. The Labute approximate surface area is 468 Å². The fourth-order valence-corrected chi connectivity index (χ4v) is 18.4. The quantitative estimate of drug-likeness (QED) is 0.0541. The van der Waals surface area contributed by atoms with Crippen LogP contribution in [0.2, 0.25) is 0 Å². The van der Waals surface area contributed by atoms with Gasteiger partial charge in [0.1, 0.15) is 0 Å². The van der Waals surface area contributed by atoms with E-state index < -0.39 is 0 Å². The molecule has 0 rings (SSSR count). The third kappa shape index (κ3) is 12.9. The number of hydrogen-bond acceptors (Lipinski definition) is 0. The molecule has 2 atom stereocenters. The first-order valence-corrected chi connectivity index (χ1v) is 30.2. The molecule has 0 saturated heterocycles. The average Bonchev–Trinajstić information content (AvgIpc) is 3.13. The molecule has 0 radical (unpaired) electrons. The van der Waals surface area contributed by atoms with Crippen molar-refractivity contribution in [2.45, 2.75) is 354 Å². The van der Waals surface area contributed by atoms with Crippen LogP contribution in [0.15, 0.2) is 24.3 Å². The molecule has 0 aliphatic heterocycles. The van der Waals surface area contributed by atoms with Crippen molar-refractivity contribution in [3.05, 3.63) is 24.3 Å². The highest BCUT2D eigenvalue weighted by Crippen LogP contribution is 2.80. The van der Waals surface area contributed by atoms with E-state index in [0.29, 0.717) is 0 Å². The maximum atomic E-state index is 5.60. The summed E-state index contributed by atoms with van der Waals surface area (Å²) in [6.07, 6.45) is 17.8. The maximum Gasteiger partial charge on any atom is 0.00659 e. The van der Waals surface area contributed by atoms with Gasteiger partial charge in [0.25, 0.3) is 0 Å². The molecule has 0 fully saturated rings. The van der Waals surface area contributed by atoms with Crippen molar-refractivity contribution < 1.29 is 0 Å². The standard InChI is InChI=1S/C71H140.2CH4/c1-39-41-43-45-46-48-50-60(19,20)63(25,26)65(29,30)67(33,34)70(38,66(31,32)64(27,28)62(23,24)59(17,18)49-47-44-42-40-2)61(21,22)52-54(4)71(57(11,12)13,58(14,15)16)68(35,36)69(37,56(8,9)10)53(3)51-55(5,6)7;;/h3-4,39-52H2,1-2,5-38H3;2*1H4. The van der Waals surface area contributed by atoms with Crippen molar-refractivity contribution in [1.82, 2.24) is 0 Å². The lowest BCUT2D eigenvalue weighted by Gasteiger charge is -2.76. The van der Waals surface area contributed by atoms with Crippen molar-refractivity contribution in [2.75, 3.05) is 0 Å². The average molecular weight is 1030 g/mol. The van der Waals surface area contributed by atoms with E-state index in [-0.39, 0.29) is 107 Å². The summed E-state index contributed by atoms with van der Waals surface area (Å²) in [5.41, 5.74) is 1.21. The minimum absolute atomic E-state index is 0. The maximum absolute atomic E-state index is 5.60. The normalized spacial score (nSPS) is 16.8. The molecule has 0 aliphatic carbocycles. The van der Waals surface area contributed by atoms with Gasteiger partial charge in [-0.1, -0.05) is 353 Å². The van der Waals surface area contributed by atoms with E-state index in [1.807, 2.05) is 0 Å². The van der Waals surface area contributed by atoms with Gasteiger partial charge in [-0.2, -0.15) is 0 Å². The Balaban J connectivity index is -0.0000245. The molecule has 0 aliphatic rings. The van der Waals surface area contributed by atoms with Crippen LogP contribution in [-0.4, -0.2) is 0 Å². The van der Waals surface area contributed by atoms with Gasteiger partial charge in [-0.25, -0.2) is 0 Å². The Bertz CT molecular complexity index is 1690. The van der Waals surface area contributed by atoms with Crippen LogP contribution in [0.1, 0.15) is 354 Å². The van der Waals surface area contributed by atoms with Crippen molar-refractivity contribution in [1.29, 1.82) is 0 Å². The van der Waals surface area contributed by atoms with Gasteiger partial charge in [-0.05, 0) is 112 Å². The highest BCUT2D eigenvalue weighted by atomic mass is 14.8. The summed E-state index contributed by atoms with van der Waals surface area (Å²) in [5.74, 6) is 0. The molecule has 0 heteroatoms. The van der Waals surface area contributed by atoms with E-state index in [2.05, 4.69) is 249 Å². The molecule has 2 unspecified atom stereocenters. The van der Waals surface area contributed by atoms with Crippen molar-refractivity contribution in [3.8, 4) is 0 Å². The molecular weight excluding hydrogens is 877 g/mol. The van der Waals surface area contributed by atoms with Gasteiger partial charge >= 0.3 is 0 Å². The molecule has 0 nitrogen and oxygen atoms in total. The van der Waals surface area contributed by atoms with E-state index >= 15 is 0 Å². The molecular formula is C73H148. The fraction of sp³-hybridized carbons (Fsp3) is 0.945. The van der Waals surface area contributed by atoms with Crippen LogP contribution < -0.4 is 0 Å². The van der Waals surface area contributed by atoms with Crippen molar-refractivity contribution >= 4 is 0 Å². The third-order valence-corrected chi connectivity index (χ3v) is 25.9. The van der Waals surface area contributed by atoms with E-state index in [0.717, 1.165) is 12.8 Å². The van der Waals surface area contributed by atoms with Crippen LogP contribution >= 0.6 is 0 Å². The zero-order chi connectivity index (χ0) is 57.6. The van der Waals surface area contributed by atoms with Gasteiger partial charge < -0.3 is 0 Å². The van der Waals surface area contributed by atoms with Crippen molar-refractivity contribution in [2.24, 2.45) is 92.1 Å². The van der Waals surface area contributed by atoms with Crippen LogP contribution in [0.5, 0.6) is 0 Å². The molecule has 0 saturated carbocycles. The van der Waals surface area contributed by atoms with E-state index in [1.165, 1.54) is 88.2 Å². The van der Waals surface area contributed by atoms with Crippen LogP contribution in [-0.2, 0) is 0 Å². The smallest absolute Gasteiger partial charge is 0.00659 e. The molecule has 0 aromatic rings. The first kappa shape index (κ1) is 76.7. The first-order valence-electron chi connectivity index (χ1n) is 30.2. The van der Waals surface area contributed by atoms with Gasteiger partial charge in [0, 0.05) is 5.41 Å². The fourth-order valence-electron chi connectivity index (χ4n) is 18.4. The van der Waals surface area contributed by atoms with Crippen LogP contribution in [0, 0.1) is 92.1 Å². The highest BCUT2D eigenvalue weighted by Gasteiger charge is 2.74.